The van der Waals surface area contributed by atoms with Crippen LogP contribution in [0.3, 0.4) is 0 Å². The molecular weight excluding hydrogens is 771 g/mol. The summed E-state index contributed by atoms with van der Waals surface area (Å²) in [4.78, 5) is 20.6. The maximum absolute atomic E-state index is 10.5. The van der Waals surface area contributed by atoms with Crippen LogP contribution in [0.25, 0.3) is 89.9 Å². The Bertz CT molecular complexity index is 2710. The molecule has 9 aromatic rings. The normalized spacial score (nSPS) is 11.6. The summed E-state index contributed by atoms with van der Waals surface area (Å²) in [5.41, 5.74) is 12.3. The van der Waals surface area contributed by atoms with Crippen molar-refractivity contribution in [2.24, 2.45) is 0 Å². The first-order valence-electron chi connectivity index (χ1n) is 21.3. The molecule has 0 fully saturated rings. The Morgan fingerprint density at radius 3 is 1.08 bits per heavy atom. The highest BCUT2D eigenvalue weighted by Crippen LogP contribution is 2.36. The smallest absolute Gasteiger partial charge is 0.309 e. The van der Waals surface area contributed by atoms with E-state index < -0.39 is 11.2 Å². The maximum Gasteiger partial charge on any atom is 0.309 e. The first-order chi connectivity index (χ1) is 30.6. The Labute approximate surface area is 370 Å². The van der Waals surface area contributed by atoms with Crippen LogP contribution in [0.15, 0.2) is 200 Å². The molecule has 0 unspecified atom stereocenters. The molecule has 0 aliphatic carbocycles. The summed E-state index contributed by atoms with van der Waals surface area (Å²) in [5.74, 6) is 1.64. The molecule has 9 rings (SSSR count). The molecule has 2 heterocycles. The van der Waals surface area contributed by atoms with Gasteiger partial charge in [0.15, 0.2) is 17.5 Å². The minimum Gasteiger partial charge on any atom is -0.427 e. The Kier molecular flexibility index (Phi) is 11.5. The fourth-order valence-electron chi connectivity index (χ4n) is 7.37. The molecule has 7 heteroatoms. The largest absolute Gasteiger partial charge is 0.427 e. The van der Waals surface area contributed by atoms with E-state index >= 15 is 0 Å². The molecule has 1 N–H and O–H groups in total. The number of hydrogen-bond donors (Lipinski definition) is 1. The molecule has 0 atom stereocenters. The van der Waals surface area contributed by atoms with Crippen molar-refractivity contribution >= 4 is 12.9 Å². The minimum atomic E-state index is -0.979. The van der Waals surface area contributed by atoms with Gasteiger partial charge in [0, 0.05) is 28.5 Å². The number of aliphatic hydroxyl groups is 1. The van der Waals surface area contributed by atoms with Crippen LogP contribution in [-0.2, 0) is 4.65 Å². The van der Waals surface area contributed by atoms with E-state index in [1.54, 1.807) is 13.8 Å². The lowest BCUT2D eigenvalue weighted by Crippen LogP contribution is -2.49. The number of rotatable bonds is 12. The molecule has 0 radical (unpaired) electrons. The summed E-state index contributed by atoms with van der Waals surface area (Å²) in [6, 6.07) is 67.0. The molecule has 0 aliphatic heterocycles. The highest BCUT2D eigenvalue weighted by Gasteiger charge is 2.35. The van der Waals surface area contributed by atoms with Gasteiger partial charge >= 0.3 is 7.48 Å². The van der Waals surface area contributed by atoms with Gasteiger partial charge in [-0.2, -0.15) is 0 Å². The second-order valence-corrected chi connectivity index (χ2v) is 16.9. The Balaban J connectivity index is 1.16. The summed E-state index contributed by atoms with van der Waals surface area (Å²) >= 11 is 0. The van der Waals surface area contributed by atoms with Gasteiger partial charge in [0.2, 0.25) is 0 Å². The van der Waals surface area contributed by atoms with Crippen LogP contribution >= 0.6 is 0 Å². The number of hydrogen-bond acceptors (Lipinski definition) is 6. The Morgan fingerprint density at radius 2 is 0.730 bits per heavy atom. The summed E-state index contributed by atoms with van der Waals surface area (Å²) in [7, 11) is 0.385. The number of nitrogens with zero attached hydrogens (tertiary/aromatic N) is 4. The van der Waals surface area contributed by atoms with Gasteiger partial charge < -0.3 is 9.76 Å². The monoisotopic (exact) mass is 818 g/mol. The van der Waals surface area contributed by atoms with Crippen molar-refractivity contribution < 1.29 is 9.76 Å². The van der Waals surface area contributed by atoms with Crippen LogP contribution < -0.4 is 5.46 Å². The van der Waals surface area contributed by atoms with Gasteiger partial charge in [-0.15, -0.1) is 0 Å². The lowest BCUT2D eigenvalue weighted by molar-refractivity contribution is -0.0893. The SMILES string of the molecule is CC(C)(O)C(C)(C)OBc1ccc(-c2ccc(-c3nc(-c4cc(-c5ccccc5)cc(-c5ccccc5)c4)nc(-c4cc(-c5ccccc5)cc(-c5ccccc5)c4)n3)cn2)cc1. The molecule has 0 spiro atoms. The van der Waals surface area contributed by atoms with Gasteiger partial charge in [-0.05, 0) is 121 Å². The average Bonchev–Trinajstić information content (AvgIpc) is 3.34. The predicted octanol–water partition coefficient (Wildman–Crippen LogP) is 12.1. The molecular formula is C56H47BN4O2. The van der Waals surface area contributed by atoms with Gasteiger partial charge in [0.05, 0.1) is 16.9 Å². The Hall–Kier alpha value is -7.32. The average molecular weight is 819 g/mol. The lowest BCUT2D eigenvalue weighted by Gasteiger charge is -2.37. The van der Waals surface area contributed by atoms with Crippen molar-refractivity contribution in [3.63, 3.8) is 0 Å². The number of benzene rings is 7. The van der Waals surface area contributed by atoms with E-state index in [-0.39, 0.29) is 0 Å². The molecule has 0 bridgehead atoms. The third-order valence-electron chi connectivity index (χ3n) is 11.8. The first kappa shape index (κ1) is 41.1. The van der Waals surface area contributed by atoms with Gasteiger partial charge in [0.25, 0.3) is 0 Å². The van der Waals surface area contributed by atoms with Crippen LogP contribution in [0.1, 0.15) is 27.7 Å². The molecule has 306 valence electrons. The standard InChI is InChI=1S/C56H47BN4O2/c1-55(2,62)56(3,4)63-57-50-28-25-42(26-29-50)51-30-27-43(37-58-51)52-59-53(48-33-44(38-17-9-5-10-18-38)31-45(34-48)39-19-11-6-12-20-39)61-54(60-52)49-35-46(40-21-13-7-14-22-40)32-47(36-49)41-23-15-8-16-24-41/h5-37,57,62H,1-4H3. The second-order valence-electron chi connectivity index (χ2n) is 16.9. The van der Waals surface area contributed by atoms with E-state index in [1.165, 1.54) is 0 Å². The second kappa shape index (κ2) is 17.6. The maximum atomic E-state index is 10.5. The first-order valence-corrected chi connectivity index (χ1v) is 21.3. The molecule has 7 aromatic carbocycles. The summed E-state index contributed by atoms with van der Waals surface area (Å²) in [6.45, 7) is 7.33. The van der Waals surface area contributed by atoms with Crippen LogP contribution in [-0.4, -0.2) is 43.7 Å². The topological polar surface area (TPSA) is 81.0 Å². The zero-order chi connectivity index (χ0) is 43.4. The third kappa shape index (κ3) is 9.31. The number of pyridine rings is 1. The van der Waals surface area contributed by atoms with Crippen molar-refractivity contribution in [3.8, 4) is 89.9 Å². The van der Waals surface area contributed by atoms with Crippen molar-refractivity contribution in [1.29, 1.82) is 0 Å². The predicted molar refractivity (Wildman–Crippen MR) is 259 cm³/mol. The summed E-state index contributed by atoms with van der Waals surface area (Å²) in [5, 5.41) is 10.5. The lowest BCUT2D eigenvalue weighted by atomic mass is 9.82. The van der Waals surface area contributed by atoms with Crippen LogP contribution in [0, 0.1) is 0 Å². The van der Waals surface area contributed by atoms with Crippen molar-refractivity contribution in [3.05, 3.63) is 200 Å². The highest BCUT2D eigenvalue weighted by atomic mass is 16.5. The van der Waals surface area contributed by atoms with E-state index in [0.717, 1.165) is 77.9 Å². The summed E-state index contributed by atoms with van der Waals surface area (Å²) < 4.78 is 6.10. The van der Waals surface area contributed by atoms with E-state index in [0.29, 0.717) is 25.0 Å². The van der Waals surface area contributed by atoms with E-state index in [1.807, 2.05) is 80.7 Å². The van der Waals surface area contributed by atoms with E-state index in [2.05, 4.69) is 133 Å². The van der Waals surface area contributed by atoms with E-state index in [9.17, 15) is 5.11 Å². The molecule has 0 saturated carbocycles. The number of aromatic nitrogens is 4. The van der Waals surface area contributed by atoms with E-state index in [4.69, 9.17) is 24.6 Å². The quantitative estimate of drug-likeness (QED) is 0.124. The van der Waals surface area contributed by atoms with Crippen LogP contribution in [0.2, 0.25) is 0 Å². The van der Waals surface area contributed by atoms with Gasteiger partial charge in [0.1, 0.15) is 0 Å². The zero-order valence-corrected chi connectivity index (χ0v) is 35.9. The fraction of sp³-hybridized carbons (Fsp3) is 0.107. The van der Waals surface area contributed by atoms with Gasteiger partial charge in [-0.25, -0.2) is 15.0 Å². The molecule has 63 heavy (non-hydrogen) atoms. The molecule has 2 aromatic heterocycles. The van der Waals surface area contributed by atoms with Crippen molar-refractivity contribution in [2.45, 2.75) is 38.9 Å². The third-order valence-corrected chi connectivity index (χ3v) is 11.8. The van der Waals surface area contributed by atoms with Crippen LogP contribution in [0.4, 0.5) is 0 Å². The summed E-state index contributed by atoms with van der Waals surface area (Å²) in [6.07, 6.45) is 1.84. The minimum absolute atomic E-state index is 0.385. The van der Waals surface area contributed by atoms with Gasteiger partial charge in [-0.3, -0.25) is 4.98 Å². The highest BCUT2D eigenvalue weighted by molar-refractivity contribution is 6.47. The molecule has 0 saturated heterocycles. The Morgan fingerprint density at radius 1 is 0.381 bits per heavy atom. The molecule has 0 amide bonds. The van der Waals surface area contributed by atoms with Gasteiger partial charge in [-0.1, -0.05) is 151 Å². The molecule has 0 aliphatic rings. The molecule has 6 nitrogen and oxygen atoms in total. The van der Waals surface area contributed by atoms with Crippen LogP contribution in [0.5, 0.6) is 0 Å². The zero-order valence-electron chi connectivity index (χ0n) is 35.9. The van der Waals surface area contributed by atoms with Crippen molar-refractivity contribution in [1.82, 2.24) is 19.9 Å². The van der Waals surface area contributed by atoms with Crippen molar-refractivity contribution in [2.75, 3.05) is 0 Å². The fourth-order valence-corrected chi connectivity index (χ4v) is 7.37.